The van der Waals surface area contributed by atoms with E-state index in [4.69, 9.17) is 23.2 Å². The molecule has 4 rings (SSSR count). The highest BCUT2D eigenvalue weighted by Crippen LogP contribution is 2.26. The van der Waals surface area contributed by atoms with Crippen molar-refractivity contribution >= 4 is 52.0 Å². The molecule has 156 valence electrons. The third kappa shape index (κ3) is 4.02. The Morgan fingerprint density at radius 2 is 1.97 bits per heavy atom. The number of hydrogen-bond donors (Lipinski definition) is 1. The van der Waals surface area contributed by atoms with Crippen LogP contribution in [0.3, 0.4) is 0 Å². The lowest BCUT2D eigenvalue weighted by molar-refractivity contribution is -0.121. The summed E-state index contributed by atoms with van der Waals surface area (Å²) in [5.41, 5.74) is 2.29. The zero-order chi connectivity index (χ0) is 21.3. The molecule has 30 heavy (non-hydrogen) atoms. The number of amides is 2. The first-order valence-electron chi connectivity index (χ1n) is 9.98. The molecule has 0 spiro atoms. The number of aryl methyl sites for hydroxylation is 1. The molecule has 2 heterocycles. The number of hydrogen-bond acceptors (Lipinski definition) is 3. The van der Waals surface area contributed by atoms with Crippen molar-refractivity contribution < 1.29 is 9.59 Å². The van der Waals surface area contributed by atoms with Gasteiger partial charge >= 0.3 is 0 Å². The summed E-state index contributed by atoms with van der Waals surface area (Å²) in [4.78, 5) is 32.1. The number of aromatic nitrogens is 2. The number of nitrogens with zero attached hydrogens (tertiary/aromatic N) is 3. The average Bonchev–Trinajstić information content (AvgIpc) is 3.12. The molecule has 1 unspecified atom stereocenters. The molecule has 1 atom stereocenters. The van der Waals surface area contributed by atoms with Gasteiger partial charge in [0.15, 0.2) is 0 Å². The summed E-state index contributed by atoms with van der Waals surface area (Å²) in [7, 11) is 0. The Balaban J connectivity index is 1.48. The SMILES string of the molecule is CCn1c(NC(=O)C2CCCN(C(=O)c3ccc(Cl)c(Cl)c3)C2)nc2ccccc21. The largest absolute Gasteiger partial charge is 0.338 e. The lowest BCUT2D eigenvalue weighted by atomic mass is 9.96. The highest BCUT2D eigenvalue weighted by molar-refractivity contribution is 6.42. The number of halogens is 2. The van der Waals surface area contributed by atoms with Gasteiger partial charge in [-0.1, -0.05) is 35.3 Å². The van der Waals surface area contributed by atoms with E-state index in [9.17, 15) is 9.59 Å². The molecular formula is C22H22Cl2N4O2. The minimum atomic E-state index is -0.296. The van der Waals surface area contributed by atoms with E-state index in [1.165, 1.54) is 0 Å². The van der Waals surface area contributed by atoms with Crippen LogP contribution in [0, 0.1) is 5.92 Å². The Morgan fingerprint density at radius 3 is 2.73 bits per heavy atom. The minimum absolute atomic E-state index is 0.119. The summed E-state index contributed by atoms with van der Waals surface area (Å²) >= 11 is 12.0. The third-order valence-electron chi connectivity index (χ3n) is 5.45. The smallest absolute Gasteiger partial charge is 0.253 e. The van der Waals surface area contributed by atoms with Crippen molar-refractivity contribution in [2.75, 3.05) is 18.4 Å². The van der Waals surface area contributed by atoms with Crippen molar-refractivity contribution in [2.24, 2.45) is 5.92 Å². The van der Waals surface area contributed by atoms with E-state index in [0.717, 1.165) is 23.9 Å². The first kappa shape index (κ1) is 20.7. The molecule has 1 aromatic heterocycles. The van der Waals surface area contributed by atoms with Crippen LogP contribution < -0.4 is 5.32 Å². The van der Waals surface area contributed by atoms with Crippen molar-refractivity contribution in [3.8, 4) is 0 Å². The molecule has 8 heteroatoms. The molecule has 6 nitrogen and oxygen atoms in total. The fraction of sp³-hybridized carbons (Fsp3) is 0.318. The maximum absolute atomic E-state index is 13.0. The van der Waals surface area contributed by atoms with Crippen LogP contribution in [0.4, 0.5) is 5.95 Å². The van der Waals surface area contributed by atoms with E-state index in [-0.39, 0.29) is 17.7 Å². The van der Waals surface area contributed by atoms with Gasteiger partial charge in [0.05, 0.1) is 27.0 Å². The number of nitrogens with one attached hydrogen (secondary N) is 1. The van der Waals surface area contributed by atoms with Crippen LogP contribution >= 0.6 is 23.2 Å². The van der Waals surface area contributed by atoms with Crippen LogP contribution in [0.25, 0.3) is 11.0 Å². The minimum Gasteiger partial charge on any atom is -0.338 e. The second kappa shape index (κ2) is 8.66. The second-order valence-corrected chi connectivity index (χ2v) is 8.19. The highest BCUT2D eigenvalue weighted by atomic mass is 35.5. The van der Waals surface area contributed by atoms with E-state index in [1.54, 1.807) is 23.1 Å². The monoisotopic (exact) mass is 444 g/mol. The molecule has 1 saturated heterocycles. The fourth-order valence-electron chi connectivity index (χ4n) is 3.89. The Hall–Kier alpha value is -2.57. The van der Waals surface area contributed by atoms with E-state index in [0.29, 0.717) is 41.2 Å². The van der Waals surface area contributed by atoms with Crippen LogP contribution in [0.2, 0.25) is 10.0 Å². The van der Waals surface area contributed by atoms with Gasteiger partial charge in [0.25, 0.3) is 5.91 Å². The quantitative estimate of drug-likeness (QED) is 0.624. The van der Waals surface area contributed by atoms with Crippen LogP contribution in [0.1, 0.15) is 30.1 Å². The van der Waals surface area contributed by atoms with Gasteiger partial charge in [0, 0.05) is 25.2 Å². The van der Waals surface area contributed by atoms with Gasteiger partial charge in [-0.25, -0.2) is 4.98 Å². The molecule has 1 aliphatic heterocycles. The van der Waals surface area contributed by atoms with Crippen molar-refractivity contribution in [3.63, 3.8) is 0 Å². The Bertz CT molecular complexity index is 1110. The molecule has 2 aromatic carbocycles. The molecule has 3 aromatic rings. The predicted molar refractivity (Wildman–Crippen MR) is 119 cm³/mol. The summed E-state index contributed by atoms with van der Waals surface area (Å²) in [6.07, 6.45) is 1.48. The lowest BCUT2D eigenvalue weighted by Crippen LogP contribution is -2.44. The number of piperidine rings is 1. The van der Waals surface area contributed by atoms with Crippen LogP contribution in [-0.4, -0.2) is 39.4 Å². The molecule has 0 bridgehead atoms. The number of fused-ring (bicyclic) bond motifs is 1. The van der Waals surface area contributed by atoms with Crippen LogP contribution in [-0.2, 0) is 11.3 Å². The standard InChI is InChI=1S/C22H22Cl2N4O2/c1-2-28-19-8-4-3-7-18(19)25-22(28)26-20(29)15-6-5-11-27(13-15)21(30)14-9-10-16(23)17(24)12-14/h3-4,7-10,12,15H,2,5-6,11,13H2,1H3,(H,25,26,29). The van der Waals surface area contributed by atoms with Crippen molar-refractivity contribution in [2.45, 2.75) is 26.3 Å². The van der Waals surface area contributed by atoms with Gasteiger partial charge in [-0.2, -0.15) is 0 Å². The Labute approximate surface area is 184 Å². The number of carbonyl (C=O) groups is 2. The maximum Gasteiger partial charge on any atom is 0.253 e. The van der Waals surface area contributed by atoms with Gasteiger partial charge < -0.3 is 9.47 Å². The molecule has 1 aliphatic rings. The fourth-order valence-corrected chi connectivity index (χ4v) is 4.19. The van der Waals surface area contributed by atoms with E-state index in [2.05, 4.69) is 10.3 Å². The molecule has 1 N–H and O–H groups in total. The number of para-hydroxylation sites is 2. The van der Waals surface area contributed by atoms with Crippen LogP contribution in [0.15, 0.2) is 42.5 Å². The third-order valence-corrected chi connectivity index (χ3v) is 6.19. The molecule has 2 amide bonds. The Morgan fingerprint density at radius 1 is 1.17 bits per heavy atom. The number of imidazole rings is 1. The van der Waals surface area contributed by atoms with Crippen LogP contribution in [0.5, 0.6) is 0 Å². The van der Waals surface area contributed by atoms with Crippen molar-refractivity contribution in [3.05, 3.63) is 58.1 Å². The number of likely N-dealkylation sites (tertiary alicyclic amines) is 1. The van der Waals surface area contributed by atoms with Gasteiger partial charge in [-0.15, -0.1) is 0 Å². The second-order valence-electron chi connectivity index (χ2n) is 7.38. The van der Waals surface area contributed by atoms with E-state index >= 15 is 0 Å². The molecular weight excluding hydrogens is 423 g/mol. The van der Waals surface area contributed by atoms with Crippen molar-refractivity contribution in [1.82, 2.24) is 14.5 Å². The summed E-state index contributed by atoms with van der Waals surface area (Å²) < 4.78 is 1.98. The summed E-state index contributed by atoms with van der Waals surface area (Å²) in [5.74, 6) is -0.0225. The van der Waals surface area contributed by atoms with Gasteiger partial charge in [-0.3, -0.25) is 14.9 Å². The summed E-state index contributed by atoms with van der Waals surface area (Å²) in [6.45, 7) is 3.68. The summed E-state index contributed by atoms with van der Waals surface area (Å²) in [6, 6.07) is 12.6. The number of rotatable bonds is 4. The predicted octanol–water partition coefficient (Wildman–Crippen LogP) is 4.85. The van der Waals surface area contributed by atoms with E-state index < -0.39 is 0 Å². The van der Waals surface area contributed by atoms with Gasteiger partial charge in [-0.05, 0) is 50.1 Å². The topological polar surface area (TPSA) is 67.2 Å². The van der Waals surface area contributed by atoms with Gasteiger partial charge in [0.2, 0.25) is 11.9 Å². The first-order valence-corrected chi connectivity index (χ1v) is 10.7. The number of carbonyl (C=O) groups excluding carboxylic acids is 2. The van der Waals surface area contributed by atoms with Crippen molar-refractivity contribution in [1.29, 1.82) is 0 Å². The normalized spacial score (nSPS) is 16.6. The highest BCUT2D eigenvalue weighted by Gasteiger charge is 2.30. The zero-order valence-electron chi connectivity index (χ0n) is 16.6. The molecule has 0 saturated carbocycles. The lowest BCUT2D eigenvalue weighted by Gasteiger charge is -2.32. The van der Waals surface area contributed by atoms with Gasteiger partial charge in [0.1, 0.15) is 0 Å². The molecule has 0 aliphatic carbocycles. The maximum atomic E-state index is 13.0. The average molecular weight is 445 g/mol. The Kier molecular flexibility index (Phi) is 5.97. The number of anilines is 1. The molecule has 1 fully saturated rings. The van der Waals surface area contributed by atoms with E-state index in [1.807, 2.05) is 35.8 Å². The molecule has 0 radical (unpaired) electrons. The summed E-state index contributed by atoms with van der Waals surface area (Å²) in [5, 5.41) is 3.72. The first-order chi connectivity index (χ1) is 14.5. The zero-order valence-corrected chi connectivity index (χ0v) is 18.1. The number of benzene rings is 2.